The van der Waals surface area contributed by atoms with E-state index >= 15 is 0 Å². The molecule has 14 heavy (non-hydrogen) atoms. The molecule has 0 saturated heterocycles. The van der Waals surface area contributed by atoms with E-state index in [-0.39, 0.29) is 29.2 Å². The average molecular weight is 188 g/mol. The molecule has 1 fully saturated rings. The first-order valence-corrected chi connectivity index (χ1v) is 4.74. The third kappa shape index (κ3) is 0.710. The second-order valence-corrected chi connectivity index (χ2v) is 3.97. The van der Waals surface area contributed by atoms with Gasteiger partial charge in [0.05, 0.1) is 0 Å². The van der Waals surface area contributed by atoms with Crippen LogP contribution >= 0.6 is 0 Å². The van der Waals surface area contributed by atoms with Gasteiger partial charge in [-0.25, -0.2) is 0 Å². The number of carbonyl (C=O) groups excluding carboxylic acids is 3. The van der Waals surface area contributed by atoms with Crippen molar-refractivity contribution in [2.75, 3.05) is 0 Å². The summed E-state index contributed by atoms with van der Waals surface area (Å²) in [6.07, 6.45) is 4.06. The number of ketones is 3. The monoisotopic (exact) mass is 188 g/mol. The van der Waals surface area contributed by atoms with Crippen LogP contribution in [0.25, 0.3) is 0 Å². The minimum Gasteiger partial charge on any atom is -0.298 e. The van der Waals surface area contributed by atoms with Gasteiger partial charge in [-0.15, -0.1) is 0 Å². The first-order chi connectivity index (χ1) is 6.70. The highest BCUT2D eigenvalue weighted by molar-refractivity contribution is 6.26. The lowest BCUT2D eigenvalue weighted by Crippen LogP contribution is -2.19. The second kappa shape index (κ2) is 2.29. The molecule has 0 spiro atoms. The van der Waals surface area contributed by atoms with Crippen LogP contribution < -0.4 is 0 Å². The number of rotatable bonds is 0. The topological polar surface area (TPSA) is 51.2 Å². The minimum absolute atomic E-state index is 0.0837. The number of fused-ring (bicyclic) bond motifs is 4. The largest absolute Gasteiger partial charge is 0.298 e. The van der Waals surface area contributed by atoms with Gasteiger partial charge in [-0.1, -0.05) is 0 Å². The molecule has 70 valence electrons. The number of carbonyl (C=O) groups is 3. The summed E-state index contributed by atoms with van der Waals surface area (Å²) < 4.78 is 0. The Morgan fingerprint density at radius 2 is 1.29 bits per heavy atom. The zero-order valence-corrected chi connectivity index (χ0v) is 7.45. The summed E-state index contributed by atoms with van der Waals surface area (Å²) in [5, 5.41) is 0. The van der Waals surface area contributed by atoms with Crippen LogP contribution in [0.5, 0.6) is 0 Å². The highest BCUT2D eigenvalue weighted by atomic mass is 16.1. The number of hydrogen-bond donors (Lipinski definition) is 0. The Labute approximate surface area is 80.5 Å². The van der Waals surface area contributed by atoms with Gasteiger partial charge in [-0.3, -0.25) is 14.4 Å². The standard InChI is InChI=1S/C11H8O3/c12-7-3-4-8(13)10-6-2-1-5(9(7)10)11(6)14/h3-6H,1-2H2. The highest BCUT2D eigenvalue weighted by Gasteiger charge is 2.50. The van der Waals surface area contributed by atoms with Crippen molar-refractivity contribution in [3.8, 4) is 0 Å². The fourth-order valence-corrected chi connectivity index (χ4v) is 2.75. The molecule has 3 nitrogen and oxygen atoms in total. The van der Waals surface area contributed by atoms with Crippen molar-refractivity contribution < 1.29 is 14.4 Å². The van der Waals surface area contributed by atoms with Crippen molar-refractivity contribution in [1.29, 1.82) is 0 Å². The van der Waals surface area contributed by atoms with E-state index in [1.165, 1.54) is 12.2 Å². The molecule has 2 atom stereocenters. The molecule has 0 aliphatic heterocycles. The van der Waals surface area contributed by atoms with Gasteiger partial charge in [0.15, 0.2) is 11.6 Å². The van der Waals surface area contributed by atoms with Crippen molar-refractivity contribution >= 4 is 17.3 Å². The van der Waals surface area contributed by atoms with Gasteiger partial charge < -0.3 is 0 Å². The Balaban J connectivity index is 2.21. The van der Waals surface area contributed by atoms with Gasteiger partial charge in [0, 0.05) is 23.0 Å². The zero-order valence-electron chi connectivity index (χ0n) is 7.45. The summed E-state index contributed by atoms with van der Waals surface area (Å²) >= 11 is 0. The summed E-state index contributed by atoms with van der Waals surface area (Å²) in [7, 11) is 0. The van der Waals surface area contributed by atoms with Gasteiger partial charge in [0.25, 0.3) is 0 Å². The van der Waals surface area contributed by atoms with E-state index in [0.29, 0.717) is 11.1 Å². The normalized spacial score (nSPS) is 34.4. The molecule has 0 aromatic rings. The van der Waals surface area contributed by atoms with Crippen LogP contribution in [0.1, 0.15) is 12.8 Å². The maximum Gasteiger partial charge on any atom is 0.183 e. The van der Waals surface area contributed by atoms with Gasteiger partial charge >= 0.3 is 0 Å². The summed E-state index contributed by atoms with van der Waals surface area (Å²) in [5.74, 6) is -0.728. The van der Waals surface area contributed by atoms with Crippen LogP contribution in [0.2, 0.25) is 0 Å². The number of hydrogen-bond acceptors (Lipinski definition) is 3. The molecule has 3 aliphatic rings. The summed E-state index contributed by atoms with van der Waals surface area (Å²) in [4.78, 5) is 34.7. The smallest absolute Gasteiger partial charge is 0.183 e. The van der Waals surface area contributed by atoms with Gasteiger partial charge in [-0.05, 0) is 25.0 Å². The Hall–Kier alpha value is -1.51. The Morgan fingerprint density at radius 3 is 1.71 bits per heavy atom. The molecule has 3 heteroatoms. The molecule has 0 N–H and O–H groups in total. The van der Waals surface area contributed by atoms with Crippen LogP contribution in [0.3, 0.4) is 0 Å². The molecule has 0 heterocycles. The van der Waals surface area contributed by atoms with Crippen molar-refractivity contribution in [3.05, 3.63) is 23.3 Å². The lowest BCUT2D eigenvalue weighted by atomic mass is 9.84. The van der Waals surface area contributed by atoms with E-state index < -0.39 is 0 Å². The van der Waals surface area contributed by atoms with E-state index in [2.05, 4.69) is 0 Å². The average Bonchev–Trinajstić information content (AvgIpc) is 2.67. The molecule has 3 rings (SSSR count). The summed E-state index contributed by atoms with van der Waals surface area (Å²) in [5.41, 5.74) is 0.998. The molecule has 2 bridgehead atoms. The van der Waals surface area contributed by atoms with E-state index in [9.17, 15) is 14.4 Å². The maximum atomic E-state index is 11.7. The SMILES string of the molecule is O=C1C=CC(=O)C2=C1C1CCC2C1=O. The van der Waals surface area contributed by atoms with Crippen molar-refractivity contribution in [3.63, 3.8) is 0 Å². The molecular weight excluding hydrogens is 180 g/mol. The Morgan fingerprint density at radius 1 is 0.857 bits per heavy atom. The van der Waals surface area contributed by atoms with Crippen LogP contribution in [0.15, 0.2) is 23.3 Å². The predicted octanol–water partition coefficient (Wildman–Crippen LogP) is 0.600. The predicted molar refractivity (Wildman–Crippen MR) is 47.4 cm³/mol. The highest BCUT2D eigenvalue weighted by Crippen LogP contribution is 2.47. The lowest BCUT2D eigenvalue weighted by molar-refractivity contribution is -0.122. The van der Waals surface area contributed by atoms with E-state index in [1.807, 2.05) is 0 Å². The zero-order chi connectivity index (χ0) is 9.87. The van der Waals surface area contributed by atoms with E-state index in [0.717, 1.165) is 12.8 Å². The van der Waals surface area contributed by atoms with Crippen LogP contribution in [-0.2, 0) is 14.4 Å². The third-order valence-corrected chi connectivity index (χ3v) is 3.33. The first kappa shape index (κ1) is 7.85. The van der Waals surface area contributed by atoms with Gasteiger partial charge in [0.2, 0.25) is 0 Å². The second-order valence-electron chi connectivity index (χ2n) is 3.97. The molecule has 1 saturated carbocycles. The van der Waals surface area contributed by atoms with Crippen molar-refractivity contribution in [2.24, 2.45) is 11.8 Å². The van der Waals surface area contributed by atoms with Crippen LogP contribution in [0.4, 0.5) is 0 Å². The van der Waals surface area contributed by atoms with Gasteiger partial charge in [-0.2, -0.15) is 0 Å². The number of Topliss-reactive ketones (excluding diaryl/α,β-unsaturated/α-hetero) is 1. The summed E-state index contributed by atoms with van der Waals surface area (Å²) in [6, 6.07) is 0. The van der Waals surface area contributed by atoms with Crippen LogP contribution in [0, 0.1) is 11.8 Å². The summed E-state index contributed by atoms with van der Waals surface area (Å²) in [6.45, 7) is 0. The third-order valence-electron chi connectivity index (χ3n) is 3.33. The fourth-order valence-electron chi connectivity index (χ4n) is 2.75. The van der Waals surface area contributed by atoms with Gasteiger partial charge in [0.1, 0.15) is 5.78 Å². The molecule has 0 radical (unpaired) electrons. The Kier molecular flexibility index (Phi) is 1.29. The number of allylic oxidation sites excluding steroid dienone is 4. The molecule has 0 aromatic heterocycles. The van der Waals surface area contributed by atoms with Crippen LogP contribution in [-0.4, -0.2) is 17.3 Å². The molecule has 0 amide bonds. The van der Waals surface area contributed by atoms with E-state index in [4.69, 9.17) is 0 Å². The molecular formula is C11H8O3. The quantitative estimate of drug-likeness (QED) is 0.523. The minimum atomic E-state index is -0.267. The lowest BCUT2D eigenvalue weighted by Gasteiger charge is -2.16. The van der Waals surface area contributed by atoms with Crippen molar-refractivity contribution in [2.45, 2.75) is 12.8 Å². The van der Waals surface area contributed by atoms with Crippen molar-refractivity contribution in [1.82, 2.24) is 0 Å². The molecule has 3 aliphatic carbocycles. The maximum absolute atomic E-state index is 11.7. The molecule has 0 aromatic carbocycles. The Bertz CT molecular complexity index is 401. The molecule has 2 unspecified atom stereocenters. The first-order valence-electron chi connectivity index (χ1n) is 4.74. The van der Waals surface area contributed by atoms with E-state index in [1.54, 1.807) is 0 Å². The fraction of sp³-hybridized carbons (Fsp3) is 0.364.